The number of unbranched alkanes of at least 4 members (excludes halogenated alkanes) is 1. The summed E-state index contributed by atoms with van der Waals surface area (Å²) in [6.45, 7) is 7.96. The average molecular weight is 291 g/mol. The number of amides is 1. The molecule has 0 unspecified atom stereocenters. The van der Waals surface area contributed by atoms with Crippen molar-refractivity contribution in [2.24, 2.45) is 0 Å². The lowest BCUT2D eigenvalue weighted by atomic mass is 10.1. The van der Waals surface area contributed by atoms with E-state index in [1.54, 1.807) is 4.90 Å². The monoisotopic (exact) mass is 291 g/mol. The molecule has 0 saturated carbocycles. The van der Waals surface area contributed by atoms with E-state index in [4.69, 9.17) is 0 Å². The Labute approximate surface area is 129 Å². The van der Waals surface area contributed by atoms with Crippen molar-refractivity contribution in [1.29, 1.82) is 0 Å². The third-order valence-corrected chi connectivity index (χ3v) is 3.69. The van der Waals surface area contributed by atoms with Crippen LogP contribution in [0, 0.1) is 0 Å². The Kier molecular flexibility index (Phi) is 7.83. The molecule has 1 aromatic carbocycles. The number of nitrogens with one attached hydrogen (secondary N) is 1. The van der Waals surface area contributed by atoms with Crippen molar-refractivity contribution in [2.45, 2.75) is 26.7 Å². The molecule has 1 rings (SSSR count). The summed E-state index contributed by atoms with van der Waals surface area (Å²) in [5.41, 5.74) is 1.95. The van der Waals surface area contributed by atoms with E-state index in [2.05, 4.69) is 36.2 Å². The number of carbonyl (C=O) groups excluding carboxylic acids is 1. The van der Waals surface area contributed by atoms with Gasteiger partial charge in [0.05, 0.1) is 0 Å². The van der Waals surface area contributed by atoms with Crippen LogP contribution in [0.5, 0.6) is 0 Å². The molecule has 1 amide bonds. The van der Waals surface area contributed by atoms with Gasteiger partial charge in [-0.05, 0) is 44.7 Å². The highest BCUT2D eigenvalue weighted by atomic mass is 16.2. The van der Waals surface area contributed by atoms with Gasteiger partial charge in [0.1, 0.15) is 0 Å². The highest BCUT2D eigenvalue weighted by Crippen LogP contribution is 2.16. The predicted octanol–water partition coefficient (Wildman–Crippen LogP) is 2.60. The Hall–Kier alpha value is -1.55. The van der Waals surface area contributed by atoms with Crippen LogP contribution in [0.1, 0.15) is 37.0 Å². The number of nitrogens with zero attached hydrogens (tertiary/aromatic N) is 2. The number of carbonyl (C=O) groups is 1. The molecule has 0 atom stereocenters. The summed E-state index contributed by atoms with van der Waals surface area (Å²) in [5, 5.41) is 3.06. The Morgan fingerprint density at radius 1 is 1.14 bits per heavy atom. The Bertz CT molecular complexity index is 417. The van der Waals surface area contributed by atoms with Crippen LogP contribution >= 0.6 is 0 Å². The topological polar surface area (TPSA) is 35.6 Å². The fourth-order valence-electron chi connectivity index (χ4n) is 2.24. The fraction of sp³-hybridized carbons (Fsp3) is 0.588. The second kappa shape index (κ2) is 9.40. The maximum absolute atomic E-state index is 12.3. The van der Waals surface area contributed by atoms with Gasteiger partial charge in [0.15, 0.2) is 0 Å². The summed E-state index contributed by atoms with van der Waals surface area (Å²) in [4.78, 5) is 16.4. The van der Waals surface area contributed by atoms with Crippen molar-refractivity contribution in [2.75, 3.05) is 45.2 Å². The number of hydrogen-bond donors (Lipinski definition) is 1. The van der Waals surface area contributed by atoms with Crippen LogP contribution in [0.25, 0.3) is 0 Å². The van der Waals surface area contributed by atoms with Gasteiger partial charge < -0.3 is 15.1 Å². The second-order valence-electron chi connectivity index (χ2n) is 5.31. The minimum Gasteiger partial charge on any atom is -0.372 e. The first-order valence-electron chi connectivity index (χ1n) is 7.89. The van der Waals surface area contributed by atoms with E-state index in [1.165, 1.54) is 18.5 Å². The molecule has 0 aromatic heterocycles. The van der Waals surface area contributed by atoms with Crippen molar-refractivity contribution < 1.29 is 4.79 Å². The third-order valence-electron chi connectivity index (χ3n) is 3.69. The fourth-order valence-corrected chi connectivity index (χ4v) is 2.24. The number of likely N-dealkylation sites (N-methyl/N-ethyl adjacent to an activating group) is 2. The highest BCUT2D eigenvalue weighted by molar-refractivity contribution is 5.94. The standard InChI is InChI=1S/C17H29N3O/c1-5-7-13-20(6-2)16-10-8-15(9-11-16)17(21)19(4)14-12-18-3/h8-11,18H,5-7,12-14H2,1-4H3. The minimum atomic E-state index is 0.0772. The van der Waals surface area contributed by atoms with Crippen LogP contribution in [-0.4, -0.2) is 51.1 Å². The van der Waals surface area contributed by atoms with Crippen LogP contribution in [-0.2, 0) is 0 Å². The zero-order valence-corrected chi connectivity index (χ0v) is 13.9. The first-order chi connectivity index (χ1) is 10.1. The molecular weight excluding hydrogens is 262 g/mol. The van der Waals surface area contributed by atoms with Crippen molar-refractivity contribution in [3.63, 3.8) is 0 Å². The molecular formula is C17H29N3O. The maximum atomic E-state index is 12.3. The predicted molar refractivity (Wildman–Crippen MR) is 90.1 cm³/mol. The van der Waals surface area contributed by atoms with E-state index in [0.29, 0.717) is 6.54 Å². The highest BCUT2D eigenvalue weighted by Gasteiger charge is 2.11. The van der Waals surface area contributed by atoms with Crippen LogP contribution in [0.4, 0.5) is 5.69 Å². The normalized spacial score (nSPS) is 10.5. The molecule has 0 spiro atoms. The van der Waals surface area contributed by atoms with Crippen molar-refractivity contribution in [3.05, 3.63) is 29.8 Å². The molecule has 0 heterocycles. The Morgan fingerprint density at radius 3 is 2.33 bits per heavy atom. The lowest BCUT2D eigenvalue weighted by molar-refractivity contribution is 0.0797. The summed E-state index contributed by atoms with van der Waals surface area (Å²) in [5.74, 6) is 0.0772. The molecule has 1 N–H and O–H groups in total. The molecule has 0 radical (unpaired) electrons. The van der Waals surface area contributed by atoms with Gasteiger partial charge in [0, 0.05) is 44.5 Å². The SMILES string of the molecule is CCCCN(CC)c1ccc(C(=O)N(C)CCNC)cc1. The molecule has 4 heteroatoms. The van der Waals surface area contributed by atoms with Crippen LogP contribution in [0.2, 0.25) is 0 Å². The lowest BCUT2D eigenvalue weighted by Gasteiger charge is -2.23. The van der Waals surface area contributed by atoms with Gasteiger partial charge in [-0.3, -0.25) is 4.79 Å². The van der Waals surface area contributed by atoms with Gasteiger partial charge in [-0.15, -0.1) is 0 Å². The third kappa shape index (κ3) is 5.38. The summed E-state index contributed by atoms with van der Waals surface area (Å²) in [6, 6.07) is 7.97. The summed E-state index contributed by atoms with van der Waals surface area (Å²) in [7, 11) is 3.73. The van der Waals surface area contributed by atoms with E-state index < -0.39 is 0 Å². The number of benzene rings is 1. The van der Waals surface area contributed by atoms with Gasteiger partial charge >= 0.3 is 0 Å². The van der Waals surface area contributed by atoms with Gasteiger partial charge in [0.25, 0.3) is 5.91 Å². The molecule has 0 bridgehead atoms. The zero-order chi connectivity index (χ0) is 15.7. The molecule has 0 aliphatic rings. The van der Waals surface area contributed by atoms with E-state index >= 15 is 0 Å². The molecule has 0 fully saturated rings. The molecule has 0 aliphatic heterocycles. The van der Waals surface area contributed by atoms with E-state index in [1.807, 2.05) is 26.2 Å². The van der Waals surface area contributed by atoms with Crippen LogP contribution in [0.3, 0.4) is 0 Å². The van der Waals surface area contributed by atoms with E-state index in [-0.39, 0.29) is 5.91 Å². The number of anilines is 1. The quantitative estimate of drug-likeness (QED) is 0.759. The van der Waals surface area contributed by atoms with Crippen molar-refractivity contribution >= 4 is 11.6 Å². The van der Waals surface area contributed by atoms with Gasteiger partial charge in [-0.25, -0.2) is 0 Å². The number of rotatable bonds is 9. The van der Waals surface area contributed by atoms with Crippen LogP contribution < -0.4 is 10.2 Å². The van der Waals surface area contributed by atoms with E-state index in [9.17, 15) is 4.79 Å². The first kappa shape index (κ1) is 17.5. The smallest absolute Gasteiger partial charge is 0.253 e. The first-order valence-corrected chi connectivity index (χ1v) is 7.89. The zero-order valence-electron chi connectivity index (χ0n) is 13.9. The molecule has 1 aromatic rings. The minimum absolute atomic E-state index is 0.0772. The molecule has 21 heavy (non-hydrogen) atoms. The molecule has 4 nitrogen and oxygen atoms in total. The Balaban J connectivity index is 2.69. The average Bonchev–Trinajstić information content (AvgIpc) is 2.53. The van der Waals surface area contributed by atoms with Crippen LogP contribution in [0.15, 0.2) is 24.3 Å². The molecule has 0 saturated heterocycles. The van der Waals surface area contributed by atoms with E-state index in [0.717, 1.165) is 25.2 Å². The maximum Gasteiger partial charge on any atom is 0.253 e. The van der Waals surface area contributed by atoms with Gasteiger partial charge in [-0.1, -0.05) is 13.3 Å². The summed E-state index contributed by atoms with van der Waals surface area (Å²) >= 11 is 0. The number of hydrogen-bond acceptors (Lipinski definition) is 3. The largest absolute Gasteiger partial charge is 0.372 e. The molecule has 118 valence electrons. The van der Waals surface area contributed by atoms with Crippen molar-refractivity contribution in [1.82, 2.24) is 10.2 Å². The summed E-state index contributed by atoms with van der Waals surface area (Å²) in [6.07, 6.45) is 2.39. The van der Waals surface area contributed by atoms with Gasteiger partial charge in [-0.2, -0.15) is 0 Å². The Morgan fingerprint density at radius 2 is 1.81 bits per heavy atom. The van der Waals surface area contributed by atoms with Crippen molar-refractivity contribution in [3.8, 4) is 0 Å². The lowest BCUT2D eigenvalue weighted by Crippen LogP contribution is -2.32. The molecule has 0 aliphatic carbocycles. The summed E-state index contributed by atoms with van der Waals surface area (Å²) < 4.78 is 0. The van der Waals surface area contributed by atoms with Gasteiger partial charge in [0.2, 0.25) is 0 Å². The second-order valence-corrected chi connectivity index (χ2v) is 5.31.